The maximum Gasteiger partial charge on any atom is 0.272 e. The summed E-state index contributed by atoms with van der Waals surface area (Å²) < 4.78 is 5.40. The molecular weight excluding hydrogens is 398 g/mol. The number of rotatable bonds is 5. The number of amides is 2. The average Bonchev–Trinajstić information content (AvgIpc) is 3.37. The summed E-state index contributed by atoms with van der Waals surface area (Å²) in [6.07, 6.45) is 4.16. The van der Waals surface area contributed by atoms with Crippen LogP contribution in [0.1, 0.15) is 35.0 Å². The number of H-pyrrole nitrogens is 1. The lowest BCUT2D eigenvalue weighted by Gasteiger charge is -2.17. The lowest BCUT2D eigenvalue weighted by Crippen LogP contribution is -2.25. The number of aromatic nitrogens is 3. The van der Waals surface area contributed by atoms with Gasteiger partial charge in [0.25, 0.3) is 5.91 Å². The first-order chi connectivity index (χ1) is 15.0. The van der Waals surface area contributed by atoms with Crippen LogP contribution < -0.4 is 15.4 Å². The van der Waals surface area contributed by atoms with Crippen LogP contribution in [0.3, 0.4) is 0 Å². The Morgan fingerprint density at radius 3 is 2.94 bits per heavy atom. The Hall–Kier alpha value is -3.75. The molecule has 1 saturated carbocycles. The van der Waals surface area contributed by atoms with Gasteiger partial charge in [-0.15, -0.1) is 0 Å². The molecule has 0 bridgehead atoms. The molecule has 0 unspecified atom stereocenters. The van der Waals surface area contributed by atoms with Crippen molar-refractivity contribution >= 4 is 34.3 Å². The molecule has 0 radical (unpaired) electrons. The van der Waals surface area contributed by atoms with E-state index in [1.807, 2.05) is 25.1 Å². The minimum Gasteiger partial charge on any atom is -0.486 e. The summed E-state index contributed by atoms with van der Waals surface area (Å²) in [4.78, 5) is 48.0. The molecule has 2 aliphatic rings. The van der Waals surface area contributed by atoms with Gasteiger partial charge in [0.2, 0.25) is 5.91 Å². The van der Waals surface area contributed by atoms with Gasteiger partial charge in [-0.25, -0.2) is 9.97 Å². The van der Waals surface area contributed by atoms with Gasteiger partial charge in [0.1, 0.15) is 24.2 Å². The number of Topliss-reactive ketones (excluding diaryl/α,β-unsaturated/α-hetero) is 1. The predicted octanol–water partition coefficient (Wildman–Crippen LogP) is 1.99. The molecule has 9 nitrogen and oxygen atoms in total. The van der Waals surface area contributed by atoms with Crippen molar-refractivity contribution in [1.82, 2.24) is 20.3 Å². The van der Waals surface area contributed by atoms with E-state index in [0.717, 1.165) is 17.5 Å². The number of ether oxygens (including phenoxy) is 1. The number of nitrogens with one attached hydrogen (secondary N) is 3. The summed E-state index contributed by atoms with van der Waals surface area (Å²) in [5, 5.41) is 5.73. The van der Waals surface area contributed by atoms with E-state index in [0.29, 0.717) is 34.8 Å². The third-order valence-electron chi connectivity index (χ3n) is 5.74. The first kappa shape index (κ1) is 19.2. The monoisotopic (exact) mass is 419 g/mol. The maximum absolute atomic E-state index is 12.8. The van der Waals surface area contributed by atoms with Crippen LogP contribution in [-0.4, -0.2) is 39.2 Å². The number of anilines is 1. The Labute approximate surface area is 177 Å². The average molecular weight is 419 g/mol. The highest BCUT2D eigenvalue weighted by atomic mass is 16.5. The van der Waals surface area contributed by atoms with Gasteiger partial charge in [0.05, 0.1) is 11.2 Å². The van der Waals surface area contributed by atoms with E-state index in [2.05, 4.69) is 25.6 Å². The molecule has 2 atom stereocenters. The number of carbonyl (C=O) groups is 3. The quantitative estimate of drug-likeness (QED) is 0.581. The van der Waals surface area contributed by atoms with Gasteiger partial charge in [0, 0.05) is 30.6 Å². The number of fused-ring (bicyclic) bond motifs is 2. The zero-order chi connectivity index (χ0) is 21.5. The van der Waals surface area contributed by atoms with Crippen molar-refractivity contribution in [3.63, 3.8) is 0 Å². The van der Waals surface area contributed by atoms with Gasteiger partial charge in [-0.1, -0.05) is 13.0 Å². The molecule has 3 aromatic rings. The van der Waals surface area contributed by atoms with Gasteiger partial charge in [-0.2, -0.15) is 0 Å². The summed E-state index contributed by atoms with van der Waals surface area (Å²) in [5.74, 6) is 0.763. The molecule has 2 amide bonds. The fraction of sp³-hybridized carbons (Fsp3) is 0.318. The van der Waals surface area contributed by atoms with Crippen LogP contribution in [0.25, 0.3) is 11.0 Å². The standard InChI is InChI=1S/C22H21N5O4/c1-11-4-15(11)21(29)27-16-8-23-19-18(16)25-10-26-20(19)22(30)24-7-12-2-3-17-13(5-12)6-14(28)9-31-17/h2-3,5,8,10-11,15,23H,4,6-7,9H2,1H3,(H,24,30)(H,27,29)/t11-,15+/m0/s1. The van der Waals surface area contributed by atoms with Crippen LogP contribution >= 0.6 is 0 Å². The second-order valence-electron chi connectivity index (χ2n) is 8.09. The van der Waals surface area contributed by atoms with Crippen molar-refractivity contribution in [2.75, 3.05) is 11.9 Å². The fourth-order valence-electron chi connectivity index (χ4n) is 3.83. The molecule has 1 aliphatic heterocycles. The van der Waals surface area contributed by atoms with E-state index < -0.39 is 0 Å². The summed E-state index contributed by atoms with van der Waals surface area (Å²) in [6.45, 7) is 2.41. The van der Waals surface area contributed by atoms with E-state index in [1.165, 1.54) is 6.33 Å². The minimum atomic E-state index is -0.368. The molecule has 5 rings (SSSR count). The number of ketones is 1. The highest BCUT2D eigenvalue weighted by Gasteiger charge is 2.39. The number of hydrogen-bond donors (Lipinski definition) is 3. The van der Waals surface area contributed by atoms with Crippen molar-refractivity contribution in [2.24, 2.45) is 11.8 Å². The molecule has 1 fully saturated rings. The highest BCUT2D eigenvalue weighted by molar-refractivity contribution is 6.08. The first-order valence-electron chi connectivity index (χ1n) is 10.2. The molecule has 3 N–H and O–H groups in total. The SMILES string of the molecule is C[C@H]1C[C@H]1C(=O)Nc1c[nH]c2c(C(=O)NCc3ccc4c(c3)CC(=O)CO4)ncnc12. The molecule has 1 aromatic carbocycles. The molecule has 2 aromatic heterocycles. The van der Waals surface area contributed by atoms with Crippen LogP contribution in [0.5, 0.6) is 5.75 Å². The molecule has 0 spiro atoms. The maximum atomic E-state index is 12.8. The number of aromatic amines is 1. The Balaban J connectivity index is 1.30. The molecule has 158 valence electrons. The van der Waals surface area contributed by atoms with E-state index in [1.54, 1.807) is 6.20 Å². The molecule has 1 aliphatic carbocycles. The van der Waals surface area contributed by atoms with Gasteiger partial charge in [-0.05, 0) is 30.0 Å². The van der Waals surface area contributed by atoms with Gasteiger partial charge < -0.3 is 20.4 Å². The first-order valence-corrected chi connectivity index (χ1v) is 10.2. The van der Waals surface area contributed by atoms with Crippen LogP contribution in [0.4, 0.5) is 5.69 Å². The van der Waals surface area contributed by atoms with E-state index in [9.17, 15) is 14.4 Å². The number of benzene rings is 1. The normalized spacial score (nSPS) is 19.5. The Bertz CT molecular complexity index is 1220. The largest absolute Gasteiger partial charge is 0.486 e. The molecular formula is C22H21N5O4. The smallest absolute Gasteiger partial charge is 0.272 e. The molecule has 3 heterocycles. The highest BCUT2D eigenvalue weighted by Crippen LogP contribution is 2.39. The Morgan fingerprint density at radius 1 is 1.29 bits per heavy atom. The van der Waals surface area contributed by atoms with Crippen molar-refractivity contribution in [2.45, 2.75) is 26.3 Å². The van der Waals surface area contributed by atoms with Gasteiger partial charge >= 0.3 is 0 Å². The number of carbonyl (C=O) groups excluding carboxylic acids is 3. The lowest BCUT2D eigenvalue weighted by molar-refractivity contribution is -0.121. The van der Waals surface area contributed by atoms with E-state index in [4.69, 9.17) is 4.74 Å². The van der Waals surface area contributed by atoms with Crippen molar-refractivity contribution < 1.29 is 19.1 Å². The molecule has 9 heteroatoms. The Kier molecular flexibility index (Phi) is 4.65. The second-order valence-corrected chi connectivity index (χ2v) is 8.09. The van der Waals surface area contributed by atoms with Crippen LogP contribution in [0, 0.1) is 11.8 Å². The molecule has 31 heavy (non-hydrogen) atoms. The third-order valence-corrected chi connectivity index (χ3v) is 5.74. The van der Waals surface area contributed by atoms with E-state index in [-0.39, 0.29) is 42.4 Å². The number of nitrogens with zero attached hydrogens (tertiary/aromatic N) is 2. The van der Waals surface area contributed by atoms with Gasteiger partial charge in [-0.3, -0.25) is 14.4 Å². The lowest BCUT2D eigenvalue weighted by atomic mass is 10.0. The predicted molar refractivity (Wildman–Crippen MR) is 112 cm³/mol. The van der Waals surface area contributed by atoms with Gasteiger partial charge in [0.15, 0.2) is 11.5 Å². The summed E-state index contributed by atoms with van der Waals surface area (Å²) >= 11 is 0. The van der Waals surface area contributed by atoms with E-state index >= 15 is 0 Å². The fourth-order valence-corrected chi connectivity index (χ4v) is 3.83. The number of hydrogen-bond acceptors (Lipinski definition) is 6. The summed E-state index contributed by atoms with van der Waals surface area (Å²) in [6, 6.07) is 5.53. The second kappa shape index (κ2) is 7.50. The topological polar surface area (TPSA) is 126 Å². The van der Waals surface area contributed by atoms with Crippen LogP contribution in [0.15, 0.2) is 30.7 Å². The minimum absolute atomic E-state index is 0.0304. The van der Waals surface area contributed by atoms with Crippen molar-refractivity contribution in [3.8, 4) is 5.75 Å². The summed E-state index contributed by atoms with van der Waals surface area (Å²) in [5.41, 5.74) is 3.36. The van der Waals surface area contributed by atoms with Crippen molar-refractivity contribution in [3.05, 3.63) is 47.5 Å². The van der Waals surface area contributed by atoms with Crippen molar-refractivity contribution in [1.29, 1.82) is 0 Å². The van der Waals surface area contributed by atoms with Crippen LogP contribution in [-0.2, 0) is 22.6 Å². The summed E-state index contributed by atoms with van der Waals surface area (Å²) in [7, 11) is 0. The zero-order valence-electron chi connectivity index (χ0n) is 16.9. The Morgan fingerprint density at radius 2 is 2.13 bits per heavy atom. The zero-order valence-corrected chi connectivity index (χ0v) is 16.9. The molecule has 0 saturated heterocycles. The van der Waals surface area contributed by atoms with Crippen LogP contribution in [0.2, 0.25) is 0 Å². The third kappa shape index (κ3) is 3.74.